The largest absolute Gasteiger partial charge is 0.468 e. The zero-order valence-corrected chi connectivity index (χ0v) is 15.2. The topological polar surface area (TPSA) is 93.7 Å². The molecule has 7 nitrogen and oxygen atoms in total. The normalized spacial score (nSPS) is 17.0. The molecule has 4 amide bonds. The van der Waals surface area contributed by atoms with Crippen LogP contribution >= 0.6 is 0 Å². The van der Waals surface area contributed by atoms with E-state index in [4.69, 9.17) is 9.47 Å². The van der Waals surface area contributed by atoms with E-state index in [-0.39, 0.29) is 17.1 Å². The van der Waals surface area contributed by atoms with Gasteiger partial charge in [0.15, 0.2) is 0 Å². The van der Waals surface area contributed by atoms with Crippen molar-refractivity contribution >= 4 is 17.8 Å². The molecule has 30 heavy (non-hydrogen) atoms. The first kappa shape index (κ1) is 21.1. The molecule has 3 rings (SSSR count). The summed E-state index contributed by atoms with van der Waals surface area (Å²) < 4.78 is 62.4. The maximum atomic E-state index is 14.3. The Morgan fingerprint density at radius 2 is 1.37 bits per heavy atom. The predicted octanol–water partition coefficient (Wildman–Crippen LogP) is 3.26. The maximum Gasteiger partial charge on any atom is 0.416 e. The van der Waals surface area contributed by atoms with Gasteiger partial charge in [-0.15, -0.1) is 0 Å². The highest BCUT2D eigenvalue weighted by Crippen LogP contribution is 2.31. The number of rotatable bonds is 5. The van der Waals surface area contributed by atoms with Gasteiger partial charge in [-0.25, -0.2) is 4.79 Å². The number of urea groups is 1. The van der Waals surface area contributed by atoms with Crippen LogP contribution in [0, 0.1) is 0 Å². The summed E-state index contributed by atoms with van der Waals surface area (Å²) in [6.07, 6.45) is -6.56. The van der Waals surface area contributed by atoms with E-state index in [9.17, 15) is 31.9 Å². The lowest BCUT2D eigenvalue weighted by Crippen LogP contribution is -2.67. The number of carbonyl (C=O) groups is 3. The molecule has 0 saturated carbocycles. The summed E-state index contributed by atoms with van der Waals surface area (Å²) in [6.45, 7) is 1.16. The quantitative estimate of drug-likeness (QED) is 0.566. The molecule has 1 atom stereocenters. The second-order valence-electron chi connectivity index (χ2n) is 6.40. The molecule has 0 radical (unpaired) electrons. The fourth-order valence-electron chi connectivity index (χ4n) is 2.50. The second-order valence-corrected chi connectivity index (χ2v) is 6.40. The number of hydrogen-bond donors (Lipinski definition) is 2. The summed E-state index contributed by atoms with van der Waals surface area (Å²) in [4.78, 5) is 35.0. The summed E-state index contributed by atoms with van der Waals surface area (Å²) in [6, 6.07) is 7.58. The van der Waals surface area contributed by atoms with Gasteiger partial charge >= 0.3 is 12.2 Å². The molecule has 0 bridgehead atoms. The van der Waals surface area contributed by atoms with Crippen molar-refractivity contribution in [1.82, 2.24) is 10.6 Å². The van der Waals surface area contributed by atoms with Crippen LogP contribution in [0.15, 0.2) is 48.5 Å². The Labute approximate surface area is 167 Å². The minimum atomic E-state index is -4.53. The van der Waals surface area contributed by atoms with Gasteiger partial charge in [0.05, 0.1) is 5.56 Å². The van der Waals surface area contributed by atoms with Crippen molar-refractivity contribution in [3.8, 4) is 11.5 Å². The number of amides is 4. The third kappa shape index (κ3) is 4.34. The van der Waals surface area contributed by atoms with Gasteiger partial charge in [0.25, 0.3) is 23.8 Å². The molecule has 1 saturated heterocycles. The molecule has 1 unspecified atom stereocenters. The van der Waals surface area contributed by atoms with Crippen LogP contribution in [0.3, 0.4) is 0 Å². The molecule has 158 valence electrons. The van der Waals surface area contributed by atoms with E-state index >= 15 is 0 Å². The third-order valence-electron chi connectivity index (χ3n) is 4.21. The minimum Gasteiger partial charge on any atom is -0.468 e. The monoisotopic (exact) mass is 426 g/mol. The smallest absolute Gasteiger partial charge is 0.416 e. The molecule has 2 N–H and O–H groups in total. The van der Waals surface area contributed by atoms with Gasteiger partial charge in [-0.05, 0) is 43.3 Å². The van der Waals surface area contributed by atoms with Gasteiger partial charge in [0.1, 0.15) is 11.5 Å². The first-order chi connectivity index (χ1) is 14.0. The van der Waals surface area contributed by atoms with Crippen LogP contribution in [0.25, 0.3) is 0 Å². The van der Waals surface area contributed by atoms with Crippen LogP contribution in [0.2, 0.25) is 0 Å². The van der Waals surface area contributed by atoms with Crippen LogP contribution in [0.5, 0.6) is 11.5 Å². The van der Waals surface area contributed by atoms with E-state index in [0.29, 0.717) is 0 Å². The zero-order valence-electron chi connectivity index (χ0n) is 15.2. The standard InChI is InChI=1S/C19H14F4N2O5/c1-18(15(26)24-17(28)25-16(18)27)30-13-8-6-12(7-9-13)29-14(20)10-2-4-11(5-3-10)19(21,22)23/h2-9,14H,1H3,(H2,24,25,26,27,28). The summed E-state index contributed by atoms with van der Waals surface area (Å²) >= 11 is 0. The highest BCUT2D eigenvalue weighted by atomic mass is 19.4. The molecule has 0 aromatic heterocycles. The molecule has 2 aromatic carbocycles. The Morgan fingerprint density at radius 3 is 1.87 bits per heavy atom. The Kier molecular flexibility index (Phi) is 5.38. The Balaban J connectivity index is 1.66. The van der Waals surface area contributed by atoms with E-state index in [1.54, 1.807) is 0 Å². The summed E-state index contributed by atoms with van der Waals surface area (Å²) in [5, 5.41) is 3.82. The number of alkyl halides is 4. The van der Waals surface area contributed by atoms with E-state index in [2.05, 4.69) is 0 Å². The van der Waals surface area contributed by atoms with E-state index in [0.717, 1.165) is 31.2 Å². The Morgan fingerprint density at radius 1 is 0.867 bits per heavy atom. The second kappa shape index (κ2) is 7.65. The molecule has 2 aromatic rings. The minimum absolute atomic E-state index is 0.0209. The number of carbonyl (C=O) groups excluding carboxylic acids is 3. The highest BCUT2D eigenvalue weighted by molar-refractivity contribution is 6.21. The van der Waals surface area contributed by atoms with Crippen molar-refractivity contribution in [1.29, 1.82) is 0 Å². The molecule has 11 heteroatoms. The van der Waals surface area contributed by atoms with Gasteiger partial charge in [-0.1, -0.05) is 12.1 Å². The van der Waals surface area contributed by atoms with E-state index in [1.165, 1.54) is 24.3 Å². The molecular weight excluding hydrogens is 412 g/mol. The first-order valence-corrected chi connectivity index (χ1v) is 8.43. The van der Waals surface area contributed by atoms with Crippen LogP contribution in [-0.2, 0) is 15.8 Å². The number of benzene rings is 2. The SMILES string of the molecule is CC1(Oc2ccc(OC(F)c3ccc(C(F)(F)F)cc3)cc2)C(=O)NC(=O)NC1=O. The van der Waals surface area contributed by atoms with Crippen LogP contribution in [0.4, 0.5) is 22.4 Å². The lowest BCUT2D eigenvalue weighted by Gasteiger charge is -2.30. The average Bonchev–Trinajstić information content (AvgIpc) is 2.67. The summed E-state index contributed by atoms with van der Waals surface area (Å²) in [5.41, 5.74) is -3.03. The van der Waals surface area contributed by atoms with Crippen molar-refractivity contribution in [2.75, 3.05) is 0 Å². The molecule has 1 aliphatic rings. The van der Waals surface area contributed by atoms with Crippen LogP contribution < -0.4 is 20.1 Å². The van der Waals surface area contributed by atoms with Gasteiger partial charge < -0.3 is 9.47 Å². The van der Waals surface area contributed by atoms with Gasteiger partial charge in [-0.2, -0.15) is 17.6 Å². The lowest BCUT2D eigenvalue weighted by atomic mass is 10.0. The Hall–Kier alpha value is -3.63. The molecule has 0 spiro atoms. The average molecular weight is 426 g/mol. The lowest BCUT2D eigenvalue weighted by molar-refractivity contribution is -0.149. The maximum absolute atomic E-state index is 14.3. The molecule has 0 aliphatic carbocycles. The number of hydrogen-bond acceptors (Lipinski definition) is 5. The third-order valence-corrected chi connectivity index (χ3v) is 4.21. The van der Waals surface area contributed by atoms with E-state index in [1.807, 2.05) is 10.6 Å². The molecule has 1 heterocycles. The fourth-order valence-corrected chi connectivity index (χ4v) is 2.50. The number of nitrogens with one attached hydrogen (secondary N) is 2. The van der Waals surface area contributed by atoms with Gasteiger partial charge in [0.2, 0.25) is 0 Å². The van der Waals surface area contributed by atoms with Gasteiger partial charge in [-0.3, -0.25) is 20.2 Å². The Bertz CT molecular complexity index is 954. The fraction of sp³-hybridized carbons (Fsp3) is 0.211. The van der Waals surface area contributed by atoms with Crippen molar-refractivity contribution in [2.45, 2.75) is 25.1 Å². The first-order valence-electron chi connectivity index (χ1n) is 8.43. The highest BCUT2D eigenvalue weighted by Gasteiger charge is 2.49. The number of halogens is 4. The van der Waals surface area contributed by atoms with Crippen molar-refractivity contribution in [3.63, 3.8) is 0 Å². The summed E-state index contributed by atoms with van der Waals surface area (Å²) in [5.74, 6) is -1.84. The van der Waals surface area contributed by atoms with E-state index < -0.39 is 41.5 Å². The van der Waals surface area contributed by atoms with Crippen molar-refractivity contribution < 1.29 is 41.4 Å². The van der Waals surface area contributed by atoms with Crippen LogP contribution in [0.1, 0.15) is 24.4 Å². The molecule has 1 aliphatic heterocycles. The number of ether oxygens (including phenoxy) is 2. The molecular formula is C19H14F4N2O5. The van der Waals surface area contributed by atoms with Crippen molar-refractivity contribution in [3.05, 3.63) is 59.7 Å². The molecule has 1 fully saturated rings. The van der Waals surface area contributed by atoms with Gasteiger partial charge in [0, 0.05) is 5.56 Å². The predicted molar refractivity (Wildman–Crippen MR) is 93.1 cm³/mol. The number of imide groups is 2. The zero-order chi connectivity index (χ0) is 22.1. The summed E-state index contributed by atoms with van der Waals surface area (Å²) in [7, 11) is 0. The number of barbiturate groups is 1. The van der Waals surface area contributed by atoms with Crippen molar-refractivity contribution in [2.24, 2.45) is 0 Å². The van der Waals surface area contributed by atoms with Crippen LogP contribution in [-0.4, -0.2) is 23.4 Å².